The molecule has 0 radical (unpaired) electrons. The van der Waals surface area contributed by atoms with E-state index in [1.807, 2.05) is 30.6 Å². The third-order valence-electron chi connectivity index (χ3n) is 6.01. The summed E-state index contributed by atoms with van der Waals surface area (Å²) in [7, 11) is 1.76. The van der Waals surface area contributed by atoms with Crippen LogP contribution in [0.5, 0.6) is 5.88 Å². The lowest BCUT2D eigenvalue weighted by Crippen LogP contribution is -2.44. The standard InChI is InChI=1S/C22H29N3O2/c1-24-16-18(8-10-22(24)26)17-7-9-21(23-15-17)27-20-11-13-25(14-12-20)19-5-3-2-4-6-19/h7-10,15-16,19-20H,2-6,11-14H2,1H3. The zero-order valence-corrected chi connectivity index (χ0v) is 16.1. The van der Waals surface area contributed by atoms with Gasteiger partial charge in [0.2, 0.25) is 11.4 Å². The molecule has 3 heterocycles. The highest BCUT2D eigenvalue weighted by Gasteiger charge is 2.27. The van der Waals surface area contributed by atoms with Crippen LogP contribution in [-0.4, -0.2) is 39.7 Å². The summed E-state index contributed by atoms with van der Waals surface area (Å²) in [6.45, 7) is 2.29. The number of hydrogen-bond donors (Lipinski definition) is 0. The average molecular weight is 367 g/mol. The van der Waals surface area contributed by atoms with E-state index in [0.29, 0.717) is 5.88 Å². The molecule has 5 heteroatoms. The molecule has 2 aliphatic rings. The number of hydrogen-bond acceptors (Lipinski definition) is 4. The van der Waals surface area contributed by atoms with Crippen molar-refractivity contribution in [3.05, 3.63) is 47.0 Å². The van der Waals surface area contributed by atoms with Gasteiger partial charge in [-0.05, 0) is 43.4 Å². The van der Waals surface area contributed by atoms with Crippen molar-refractivity contribution in [3.8, 4) is 17.0 Å². The second kappa shape index (κ2) is 8.26. The van der Waals surface area contributed by atoms with E-state index in [-0.39, 0.29) is 11.7 Å². The van der Waals surface area contributed by atoms with E-state index < -0.39 is 0 Å². The van der Waals surface area contributed by atoms with Gasteiger partial charge in [-0.15, -0.1) is 0 Å². The van der Waals surface area contributed by atoms with Crippen molar-refractivity contribution < 1.29 is 4.74 Å². The Bertz CT molecular complexity index is 801. The van der Waals surface area contributed by atoms with E-state index in [1.54, 1.807) is 17.7 Å². The van der Waals surface area contributed by atoms with Gasteiger partial charge in [0.1, 0.15) is 6.10 Å². The highest BCUT2D eigenvalue weighted by atomic mass is 16.5. The van der Waals surface area contributed by atoms with Crippen molar-refractivity contribution in [1.82, 2.24) is 14.5 Å². The van der Waals surface area contributed by atoms with Crippen LogP contribution >= 0.6 is 0 Å². The highest BCUT2D eigenvalue weighted by molar-refractivity contribution is 5.61. The van der Waals surface area contributed by atoms with Crippen LogP contribution in [0, 0.1) is 0 Å². The Balaban J connectivity index is 1.32. The van der Waals surface area contributed by atoms with E-state index in [0.717, 1.165) is 43.1 Å². The fourth-order valence-corrected chi connectivity index (χ4v) is 4.36. The van der Waals surface area contributed by atoms with Gasteiger partial charge in [-0.3, -0.25) is 4.79 Å². The van der Waals surface area contributed by atoms with Gasteiger partial charge in [0.15, 0.2) is 0 Å². The summed E-state index contributed by atoms with van der Waals surface area (Å²) in [6.07, 6.45) is 13.0. The lowest BCUT2D eigenvalue weighted by molar-refractivity contribution is 0.0608. The van der Waals surface area contributed by atoms with Crippen molar-refractivity contribution in [2.75, 3.05) is 13.1 Å². The van der Waals surface area contributed by atoms with Crippen molar-refractivity contribution in [1.29, 1.82) is 0 Å². The van der Waals surface area contributed by atoms with E-state index in [1.165, 1.54) is 32.1 Å². The van der Waals surface area contributed by atoms with Gasteiger partial charge in [-0.2, -0.15) is 0 Å². The second-order valence-corrected chi connectivity index (χ2v) is 7.90. The molecule has 0 N–H and O–H groups in total. The van der Waals surface area contributed by atoms with Crippen molar-refractivity contribution in [2.45, 2.75) is 57.1 Å². The fraction of sp³-hybridized carbons (Fsp3) is 0.545. The summed E-state index contributed by atoms with van der Waals surface area (Å²) >= 11 is 0. The Labute approximate surface area is 161 Å². The van der Waals surface area contributed by atoms with Gasteiger partial charge < -0.3 is 14.2 Å². The average Bonchev–Trinajstić information content (AvgIpc) is 2.72. The Morgan fingerprint density at radius 1 is 0.963 bits per heavy atom. The molecule has 0 amide bonds. The van der Waals surface area contributed by atoms with Crippen LogP contribution in [-0.2, 0) is 7.05 Å². The summed E-state index contributed by atoms with van der Waals surface area (Å²) in [5, 5.41) is 0. The molecular formula is C22H29N3O2. The molecule has 27 heavy (non-hydrogen) atoms. The van der Waals surface area contributed by atoms with Gasteiger partial charge in [-0.1, -0.05) is 19.3 Å². The number of aryl methyl sites for hydroxylation is 1. The van der Waals surface area contributed by atoms with Crippen LogP contribution in [0.25, 0.3) is 11.1 Å². The van der Waals surface area contributed by atoms with Gasteiger partial charge in [0, 0.05) is 56.3 Å². The fourth-order valence-electron chi connectivity index (χ4n) is 4.36. The molecule has 0 bridgehead atoms. The topological polar surface area (TPSA) is 47.4 Å². The predicted octanol–water partition coefficient (Wildman–Crippen LogP) is 3.62. The van der Waals surface area contributed by atoms with Crippen LogP contribution in [0.15, 0.2) is 41.5 Å². The lowest BCUT2D eigenvalue weighted by Gasteiger charge is -2.39. The van der Waals surface area contributed by atoms with Crippen LogP contribution < -0.4 is 10.3 Å². The predicted molar refractivity (Wildman–Crippen MR) is 107 cm³/mol. The number of likely N-dealkylation sites (tertiary alicyclic amines) is 1. The lowest BCUT2D eigenvalue weighted by atomic mass is 9.92. The van der Waals surface area contributed by atoms with Crippen molar-refractivity contribution in [3.63, 3.8) is 0 Å². The minimum Gasteiger partial charge on any atom is -0.474 e. The Kier molecular flexibility index (Phi) is 5.58. The third kappa shape index (κ3) is 4.41. The molecule has 0 aromatic carbocycles. The molecule has 1 aliphatic carbocycles. The molecule has 0 spiro atoms. The van der Waals surface area contributed by atoms with E-state index in [9.17, 15) is 4.79 Å². The number of aromatic nitrogens is 2. The molecule has 1 saturated carbocycles. The monoisotopic (exact) mass is 367 g/mol. The Hall–Kier alpha value is -2.14. The molecule has 4 rings (SSSR count). The molecule has 0 unspecified atom stereocenters. The summed E-state index contributed by atoms with van der Waals surface area (Å²) in [4.78, 5) is 18.7. The first-order chi connectivity index (χ1) is 13.2. The zero-order valence-electron chi connectivity index (χ0n) is 16.1. The molecule has 2 aromatic heterocycles. The van der Waals surface area contributed by atoms with Crippen LogP contribution in [0.4, 0.5) is 0 Å². The van der Waals surface area contributed by atoms with E-state index >= 15 is 0 Å². The Morgan fingerprint density at radius 2 is 1.70 bits per heavy atom. The number of nitrogens with zero attached hydrogens (tertiary/aromatic N) is 3. The summed E-state index contributed by atoms with van der Waals surface area (Å²) < 4.78 is 7.71. The number of piperidine rings is 1. The number of ether oxygens (including phenoxy) is 1. The summed E-state index contributed by atoms with van der Waals surface area (Å²) in [5.74, 6) is 0.694. The first kappa shape index (κ1) is 18.2. The van der Waals surface area contributed by atoms with Gasteiger partial charge in [-0.25, -0.2) is 4.98 Å². The second-order valence-electron chi connectivity index (χ2n) is 7.90. The molecule has 2 fully saturated rings. The maximum Gasteiger partial charge on any atom is 0.250 e. The normalized spacial score (nSPS) is 19.9. The third-order valence-corrected chi connectivity index (χ3v) is 6.01. The largest absolute Gasteiger partial charge is 0.474 e. The maximum absolute atomic E-state index is 11.5. The van der Waals surface area contributed by atoms with Crippen molar-refractivity contribution >= 4 is 0 Å². The molecule has 2 aromatic rings. The van der Waals surface area contributed by atoms with Crippen LogP contribution in [0.3, 0.4) is 0 Å². The van der Waals surface area contributed by atoms with Gasteiger partial charge >= 0.3 is 0 Å². The SMILES string of the molecule is Cn1cc(-c2ccc(OC3CCN(C4CCCCC4)CC3)nc2)ccc1=O. The van der Waals surface area contributed by atoms with Crippen LogP contribution in [0.2, 0.25) is 0 Å². The molecule has 1 aliphatic heterocycles. The number of pyridine rings is 2. The maximum atomic E-state index is 11.5. The molecule has 1 saturated heterocycles. The van der Waals surface area contributed by atoms with E-state index in [2.05, 4.69) is 9.88 Å². The minimum atomic E-state index is -0.00812. The summed E-state index contributed by atoms with van der Waals surface area (Å²) in [6, 6.07) is 8.17. The molecular weight excluding hydrogens is 338 g/mol. The first-order valence-corrected chi connectivity index (χ1v) is 10.2. The Morgan fingerprint density at radius 3 is 2.37 bits per heavy atom. The molecule has 144 valence electrons. The van der Waals surface area contributed by atoms with Crippen LogP contribution in [0.1, 0.15) is 44.9 Å². The number of rotatable bonds is 4. The highest BCUT2D eigenvalue weighted by Crippen LogP contribution is 2.27. The molecule has 5 nitrogen and oxygen atoms in total. The van der Waals surface area contributed by atoms with E-state index in [4.69, 9.17) is 4.74 Å². The van der Waals surface area contributed by atoms with Crippen molar-refractivity contribution in [2.24, 2.45) is 7.05 Å². The zero-order chi connectivity index (χ0) is 18.6. The quantitative estimate of drug-likeness (QED) is 0.828. The smallest absolute Gasteiger partial charge is 0.250 e. The minimum absolute atomic E-state index is 0.00812. The first-order valence-electron chi connectivity index (χ1n) is 10.2. The summed E-state index contributed by atoms with van der Waals surface area (Å²) in [5.41, 5.74) is 1.97. The molecule has 0 atom stereocenters. The van der Waals surface area contributed by atoms with Gasteiger partial charge in [0.05, 0.1) is 0 Å². The van der Waals surface area contributed by atoms with Gasteiger partial charge in [0.25, 0.3) is 0 Å².